The van der Waals surface area contributed by atoms with Crippen molar-refractivity contribution in [2.75, 3.05) is 7.05 Å². The molecule has 1 heterocycles. The predicted molar refractivity (Wildman–Crippen MR) is 143 cm³/mol. The number of hydrogen-bond donors (Lipinski definition) is 2. The molecule has 0 aliphatic heterocycles. The van der Waals surface area contributed by atoms with Gasteiger partial charge in [0.05, 0.1) is 0 Å². The molecule has 0 spiro atoms. The van der Waals surface area contributed by atoms with Crippen molar-refractivity contribution in [3.63, 3.8) is 0 Å². The van der Waals surface area contributed by atoms with Crippen LogP contribution in [0.15, 0.2) is 35.4 Å². The van der Waals surface area contributed by atoms with Crippen molar-refractivity contribution in [1.82, 2.24) is 15.7 Å². The zero-order valence-electron chi connectivity index (χ0n) is 21.1. The Morgan fingerprint density at radius 1 is 1.20 bits per heavy atom. The van der Waals surface area contributed by atoms with Crippen molar-refractivity contribution in [3.05, 3.63) is 58.4 Å². The first-order valence-corrected chi connectivity index (χ1v) is 13.2. The third kappa shape index (κ3) is 7.07. The molecule has 35 heavy (non-hydrogen) atoms. The molecule has 1 aliphatic rings. The fourth-order valence-corrected chi connectivity index (χ4v) is 5.41. The Morgan fingerprint density at radius 2 is 1.94 bits per heavy atom. The highest BCUT2D eigenvalue weighted by Gasteiger charge is 2.26. The lowest BCUT2D eigenvalue weighted by Gasteiger charge is -2.26. The molecule has 1 amide bonds. The summed E-state index contributed by atoms with van der Waals surface area (Å²) in [4.78, 5) is 28.8. The number of carbonyl (C=O) groups is 2. The van der Waals surface area contributed by atoms with Crippen LogP contribution in [0.25, 0.3) is 0 Å². The number of hydrogen-bond acceptors (Lipinski definition) is 7. The molecule has 7 nitrogen and oxygen atoms in total. The van der Waals surface area contributed by atoms with Gasteiger partial charge in [0.2, 0.25) is 0 Å². The number of rotatable bonds is 11. The fourth-order valence-electron chi connectivity index (χ4n) is 4.66. The summed E-state index contributed by atoms with van der Waals surface area (Å²) in [6.45, 7) is 6.58. The summed E-state index contributed by atoms with van der Waals surface area (Å²) in [6.07, 6.45) is 5.98. The molecule has 0 bridgehead atoms. The number of nitrogens with one attached hydrogen (secondary N) is 2. The quantitative estimate of drug-likeness (QED) is 0.200. The summed E-state index contributed by atoms with van der Waals surface area (Å²) in [5, 5.41) is 8.05. The maximum absolute atomic E-state index is 13.0. The van der Waals surface area contributed by atoms with Crippen molar-refractivity contribution in [2.45, 2.75) is 71.9 Å². The Hall–Kier alpha value is -2.87. The molecule has 0 radical (unpaired) electrons. The van der Waals surface area contributed by atoms with E-state index in [0.29, 0.717) is 17.2 Å². The normalized spacial score (nSPS) is 15.0. The van der Waals surface area contributed by atoms with E-state index in [1.54, 1.807) is 19.2 Å². The van der Waals surface area contributed by atoms with E-state index in [-0.39, 0.29) is 17.9 Å². The summed E-state index contributed by atoms with van der Waals surface area (Å²) in [7, 11) is 1.70. The van der Waals surface area contributed by atoms with Crippen LogP contribution in [-0.4, -0.2) is 34.6 Å². The molecule has 1 aliphatic carbocycles. The number of nitrogens with zero attached hydrogens (tertiary/aromatic N) is 2. The molecule has 0 saturated heterocycles. The van der Waals surface area contributed by atoms with Crippen molar-refractivity contribution in [3.8, 4) is 5.75 Å². The zero-order valence-corrected chi connectivity index (χ0v) is 21.9. The van der Waals surface area contributed by atoms with E-state index in [1.165, 1.54) is 29.7 Å². The number of pyridine rings is 1. The number of hydrazone groups is 1. The summed E-state index contributed by atoms with van der Waals surface area (Å²) in [5.74, 6) is 0.523. The topological polar surface area (TPSA) is 92.7 Å². The van der Waals surface area contributed by atoms with E-state index in [0.717, 1.165) is 54.5 Å². The number of aromatic nitrogens is 1. The van der Waals surface area contributed by atoms with Crippen LogP contribution in [0.3, 0.4) is 0 Å². The predicted octanol–water partition coefficient (Wildman–Crippen LogP) is 4.84. The molecular weight excluding hydrogens is 460 g/mol. The Bertz CT molecular complexity index is 1040. The van der Waals surface area contributed by atoms with Crippen molar-refractivity contribution < 1.29 is 14.3 Å². The van der Waals surface area contributed by atoms with Gasteiger partial charge in [-0.05, 0) is 98.7 Å². The van der Waals surface area contributed by atoms with Crippen LogP contribution >= 0.6 is 11.8 Å². The molecule has 0 saturated carbocycles. The van der Waals surface area contributed by atoms with Gasteiger partial charge in [-0.2, -0.15) is 5.10 Å². The van der Waals surface area contributed by atoms with Gasteiger partial charge in [-0.3, -0.25) is 14.6 Å². The van der Waals surface area contributed by atoms with Crippen LogP contribution in [0.4, 0.5) is 0 Å². The molecule has 1 aromatic carbocycles. The number of ether oxygens (including phenoxy) is 1. The van der Waals surface area contributed by atoms with Crippen LogP contribution in [0.5, 0.6) is 5.75 Å². The molecule has 2 aromatic rings. The van der Waals surface area contributed by atoms with Gasteiger partial charge in [0.1, 0.15) is 17.4 Å². The zero-order chi connectivity index (χ0) is 25.2. The van der Waals surface area contributed by atoms with E-state index in [9.17, 15) is 9.59 Å². The lowest BCUT2D eigenvalue weighted by molar-refractivity contribution is 0.0928. The largest absolute Gasteiger partial charge is 0.489 e. The summed E-state index contributed by atoms with van der Waals surface area (Å²) < 4.78 is 6.07. The molecule has 188 valence electrons. The Balaban J connectivity index is 1.65. The van der Waals surface area contributed by atoms with Gasteiger partial charge in [-0.1, -0.05) is 13.8 Å². The minimum atomic E-state index is -0.152. The number of carbonyl (C=O) groups excluding carboxylic acids is 2. The third-order valence-electron chi connectivity index (χ3n) is 6.42. The van der Waals surface area contributed by atoms with Gasteiger partial charge in [0, 0.05) is 36.0 Å². The SMILES string of the molecule is CCC(NC(=O)c1ccc(OCc2cc(C)nc3c2CCCC3)cc1)C(CC)/C(=N/NC)SC=O. The van der Waals surface area contributed by atoms with Gasteiger partial charge in [0.15, 0.2) is 5.62 Å². The standard InChI is InChI=1S/C27H36N4O3S/c1-5-22(27(31-28-4)35-17-32)24(6-2)30-26(33)19-11-13-21(14-12-19)34-16-20-15-18(3)29-25-10-8-7-9-23(20)25/h11-15,17,22,24,28H,5-10,16H2,1-4H3,(H,30,33)/b31-27-. The van der Waals surface area contributed by atoms with Crippen LogP contribution < -0.4 is 15.5 Å². The van der Waals surface area contributed by atoms with Gasteiger partial charge in [-0.25, -0.2) is 0 Å². The fraction of sp³-hybridized carbons (Fsp3) is 0.481. The number of benzene rings is 1. The van der Waals surface area contributed by atoms with E-state index in [4.69, 9.17) is 9.72 Å². The molecular formula is C27H36N4O3S. The van der Waals surface area contributed by atoms with E-state index < -0.39 is 0 Å². The second-order valence-electron chi connectivity index (χ2n) is 8.76. The van der Waals surface area contributed by atoms with Crippen LogP contribution in [0.2, 0.25) is 0 Å². The first kappa shape index (κ1) is 26.7. The van der Waals surface area contributed by atoms with E-state index in [1.807, 2.05) is 32.9 Å². The average Bonchev–Trinajstić information content (AvgIpc) is 2.87. The molecule has 3 rings (SSSR count). The lowest BCUT2D eigenvalue weighted by atomic mass is 9.92. The number of aryl methyl sites for hydroxylation is 2. The highest BCUT2D eigenvalue weighted by atomic mass is 32.2. The minimum absolute atomic E-state index is 0.0519. The smallest absolute Gasteiger partial charge is 0.251 e. The maximum atomic E-state index is 13.0. The monoisotopic (exact) mass is 496 g/mol. The number of thioether (sulfide) groups is 1. The molecule has 2 atom stereocenters. The summed E-state index contributed by atoms with van der Waals surface area (Å²) in [5.41, 5.74) is 8.89. The van der Waals surface area contributed by atoms with E-state index >= 15 is 0 Å². The van der Waals surface area contributed by atoms with Crippen LogP contribution in [0, 0.1) is 12.8 Å². The second-order valence-corrected chi connectivity index (χ2v) is 9.61. The summed E-state index contributed by atoms with van der Waals surface area (Å²) >= 11 is 1.05. The van der Waals surface area contributed by atoms with Crippen LogP contribution in [-0.2, 0) is 24.2 Å². The van der Waals surface area contributed by atoms with Crippen molar-refractivity contribution in [1.29, 1.82) is 0 Å². The molecule has 8 heteroatoms. The minimum Gasteiger partial charge on any atom is -0.489 e. The maximum Gasteiger partial charge on any atom is 0.251 e. The van der Waals surface area contributed by atoms with Gasteiger partial charge in [0.25, 0.3) is 5.91 Å². The molecule has 2 N–H and O–H groups in total. The molecule has 2 unspecified atom stereocenters. The van der Waals surface area contributed by atoms with Gasteiger partial charge >= 0.3 is 0 Å². The van der Waals surface area contributed by atoms with Gasteiger partial charge < -0.3 is 15.5 Å². The van der Waals surface area contributed by atoms with Crippen molar-refractivity contribution >= 4 is 28.3 Å². The number of fused-ring (bicyclic) bond motifs is 1. The lowest BCUT2D eigenvalue weighted by Crippen LogP contribution is -2.42. The molecule has 0 fully saturated rings. The molecule has 1 aromatic heterocycles. The highest BCUT2D eigenvalue weighted by molar-refractivity contribution is 8.24. The van der Waals surface area contributed by atoms with E-state index in [2.05, 4.69) is 21.9 Å². The third-order valence-corrected chi connectivity index (χ3v) is 7.15. The van der Waals surface area contributed by atoms with Crippen molar-refractivity contribution in [2.24, 2.45) is 11.0 Å². The first-order chi connectivity index (χ1) is 17.0. The van der Waals surface area contributed by atoms with Gasteiger partial charge in [-0.15, -0.1) is 0 Å². The highest BCUT2D eigenvalue weighted by Crippen LogP contribution is 2.26. The van der Waals surface area contributed by atoms with Crippen LogP contribution in [0.1, 0.15) is 72.4 Å². The Labute approximate surface area is 212 Å². The first-order valence-electron chi connectivity index (χ1n) is 12.4. The summed E-state index contributed by atoms with van der Waals surface area (Å²) in [6, 6.07) is 9.23. The Morgan fingerprint density at radius 3 is 2.60 bits per heavy atom. The Kier molecular flexibility index (Phi) is 10.1. The second kappa shape index (κ2) is 13.3. The number of amides is 1. The average molecular weight is 497 g/mol.